The zero-order valence-electron chi connectivity index (χ0n) is 24.7. The number of aromatic nitrogens is 2. The first-order valence-corrected chi connectivity index (χ1v) is 16.0. The molecule has 13 heteroatoms. The number of carbonyl (C=O) groups is 2. The fourth-order valence-electron chi connectivity index (χ4n) is 5.12. The summed E-state index contributed by atoms with van der Waals surface area (Å²) < 4.78 is 34.5. The van der Waals surface area contributed by atoms with Crippen LogP contribution in [0, 0.1) is 13.8 Å². The predicted octanol–water partition coefficient (Wildman–Crippen LogP) is 4.67. The van der Waals surface area contributed by atoms with Crippen molar-refractivity contribution in [3.05, 3.63) is 106 Å². The number of carbonyl (C=O) groups excluding carboxylic acids is 2. The van der Waals surface area contributed by atoms with E-state index in [1.54, 1.807) is 6.07 Å². The molecule has 5 rings (SSSR count). The summed E-state index contributed by atoms with van der Waals surface area (Å²) in [6.45, 7) is 4.10. The van der Waals surface area contributed by atoms with E-state index >= 15 is 0 Å². The smallest absolute Gasteiger partial charge is 0.410 e. The molecule has 2 N–H and O–H groups in total. The normalized spacial score (nSPS) is 15.3. The molecule has 234 valence electrons. The molecule has 45 heavy (non-hydrogen) atoms. The molecule has 0 radical (unpaired) electrons. The number of amides is 2. The third kappa shape index (κ3) is 7.77. The average Bonchev–Trinajstić information content (AvgIpc) is 3.21. The van der Waals surface area contributed by atoms with E-state index in [9.17, 15) is 23.1 Å². The SMILES string of the molecule is Cc1cccc(C)c1-c1cc(Cl)nc(NS(=O)(=O)c2cccc(C(=O)N3CCN(C(=O)OCc4ccccc4)C[C@@H](O)C3)c2)n1. The molecule has 1 saturated heterocycles. The van der Waals surface area contributed by atoms with Crippen molar-refractivity contribution in [1.82, 2.24) is 19.8 Å². The molecule has 1 aliphatic heterocycles. The van der Waals surface area contributed by atoms with Crippen LogP contribution in [-0.2, 0) is 21.4 Å². The minimum atomic E-state index is -4.23. The van der Waals surface area contributed by atoms with E-state index in [2.05, 4.69) is 14.7 Å². The monoisotopic (exact) mass is 649 g/mol. The Hall–Kier alpha value is -4.52. The standard InChI is InChI=1S/C32H32ClN5O6S/c1-21-8-6-9-22(2)29(21)27-17-28(33)35-31(34-27)36-45(42,43)26-13-7-12-24(16-26)30(40)37-14-15-38(19-25(39)18-37)32(41)44-20-23-10-4-3-5-11-23/h3-13,16-17,25,39H,14-15,18-20H2,1-2H3,(H,34,35,36)/t25-/m0/s1. The van der Waals surface area contributed by atoms with Gasteiger partial charge in [-0.2, -0.15) is 0 Å². The Bertz CT molecular complexity index is 1800. The lowest BCUT2D eigenvalue weighted by atomic mass is 10.00. The summed E-state index contributed by atoms with van der Waals surface area (Å²) in [6.07, 6.45) is -1.63. The number of hydrogen-bond acceptors (Lipinski definition) is 8. The Morgan fingerprint density at radius 1 is 0.933 bits per heavy atom. The molecule has 0 bridgehead atoms. The quantitative estimate of drug-likeness (QED) is 0.275. The summed E-state index contributed by atoms with van der Waals surface area (Å²) in [4.78, 5) is 37.1. The molecule has 2 amide bonds. The largest absolute Gasteiger partial charge is 0.445 e. The number of β-amino-alcohol motifs (C(OH)–C–C–N with tert-alkyl or cyclic N) is 1. The molecular weight excluding hydrogens is 618 g/mol. The van der Waals surface area contributed by atoms with E-state index in [0.717, 1.165) is 22.3 Å². The number of benzene rings is 3. The Labute approximate surface area is 266 Å². The number of anilines is 1. The summed E-state index contributed by atoms with van der Waals surface area (Å²) in [5, 5.41) is 10.7. The lowest BCUT2D eigenvalue weighted by molar-refractivity contribution is 0.0647. The van der Waals surface area contributed by atoms with Gasteiger partial charge in [-0.15, -0.1) is 0 Å². The number of nitrogens with zero attached hydrogens (tertiary/aromatic N) is 4. The number of aryl methyl sites for hydroxylation is 2. The highest BCUT2D eigenvalue weighted by Gasteiger charge is 2.29. The van der Waals surface area contributed by atoms with Crippen LogP contribution in [0.15, 0.2) is 83.8 Å². The van der Waals surface area contributed by atoms with Crippen molar-refractivity contribution < 1.29 is 27.9 Å². The van der Waals surface area contributed by atoms with Crippen molar-refractivity contribution in [3.8, 4) is 11.3 Å². The lowest BCUT2D eigenvalue weighted by Gasteiger charge is -2.22. The van der Waals surface area contributed by atoms with Crippen molar-refractivity contribution in [1.29, 1.82) is 0 Å². The molecule has 1 fully saturated rings. The van der Waals surface area contributed by atoms with Crippen LogP contribution in [0.1, 0.15) is 27.0 Å². The molecular formula is C32H32ClN5O6S. The number of halogens is 1. The van der Waals surface area contributed by atoms with Crippen molar-refractivity contribution in [2.45, 2.75) is 31.5 Å². The highest BCUT2D eigenvalue weighted by molar-refractivity contribution is 7.92. The first-order chi connectivity index (χ1) is 21.5. The van der Waals surface area contributed by atoms with Crippen LogP contribution in [0.4, 0.5) is 10.7 Å². The Morgan fingerprint density at radius 3 is 2.33 bits per heavy atom. The summed E-state index contributed by atoms with van der Waals surface area (Å²) in [6, 6.07) is 22.0. The molecule has 2 heterocycles. The van der Waals surface area contributed by atoms with Crippen LogP contribution < -0.4 is 4.72 Å². The Morgan fingerprint density at radius 2 is 1.60 bits per heavy atom. The van der Waals surface area contributed by atoms with Crippen molar-refractivity contribution in [2.24, 2.45) is 0 Å². The first kappa shape index (κ1) is 31.9. The first-order valence-electron chi connectivity index (χ1n) is 14.2. The van der Waals surface area contributed by atoms with E-state index in [-0.39, 0.29) is 54.3 Å². The molecule has 0 unspecified atom stereocenters. The third-order valence-electron chi connectivity index (χ3n) is 7.30. The number of aliphatic hydroxyl groups excluding tert-OH is 1. The summed E-state index contributed by atoms with van der Waals surface area (Å²) in [5.74, 6) is -0.714. The maximum absolute atomic E-state index is 13.5. The van der Waals surface area contributed by atoms with Gasteiger partial charge in [0.15, 0.2) is 0 Å². The zero-order chi connectivity index (χ0) is 32.1. The summed E-state index contributed by atoms with van der Waals surface area (Å²) in [5.41, 5.74) is 4.08. The number of nitrogens with one attached hydrogen (secondary N) is 1. The van der Waals surface area contributed by atoms with Gasteiger partial charge in [0.05, 0.1) is 23.2 Å². The molecule has 3 aromatic carbocycles. The van der Waals surface area contributed by atoms with Crippen LogP contribution in [0.25, 0.3) is 11.3 Å². The van der Waals surface area contributed by atoms with Gasteiger partial charge in [-0.3, -0.25) is 4.79 Å². The van der Waals surface area contributed by atoms with Gasteiger partial charge in [0, 0.05) is 36.8 Å². The molecule has 1 atom stereocenters. The van der Waals surface area contributed by atoms with E-state index < -0.39 is 28.1 Å². The van der Waals surface area contributed by atoms with Gasteiger partial charge in [-0.05, 0) is 48.7 Å². The number of ether oxygens (including phenoxy) is 1. The molecule has 0 spiro atoms. The third-order valence-corrected chi connectivity index (χ3v) is 8.82. The second-order valence-electron chi connectivity index (χ2n) is 10.7. The van der Waals surface area contributed by atoms with Crippen LogP contribution in [-0.4, -0.2) is 77.6 Å². The zero-order valence-corrected chi connectivity index (χ0v) is 26.3. The van der Waals surface area contributed by atoms with Crippen molar-refractivity contribution in [3.63, 3.8) is 0 Å². The average molecular weight is 650 g/mol. The van der Waals surface area contributed by atoms with E-state index in [1.165, 1.54) is 34.1 Å². The van der Waals surface area contributed by atoms with Gasteiger partial charge in [0.2, 0.25) is 5.95 Å². The van der Waals surface area contributed by atoms with Crippen molar-refractivity contribution in [2.75, 3.05) is 30.9 Å². The number of sulfonamides is 1. The van der Waals surface area contributed by atoms with Gasteiger partial charge in [-0.25, -0.2) is 27.9 Å². The predicted molar refractivity (Wildman–Crippen MR) is 169 cm³/mol. The Kier molecular flexibility index (Phi) is 9.66. The number of aliphatic hydroxyl groups is 1. The second kappa shape index (κ2) is 13.6. The van der Waals surface area contributed by atoms with Gasteiger partial charge < -0.3 is 19.6 Å². The Balaban J connectivity index is 1.29. The number of hydrogen-bond donors (Lipinski definition) is 2. The van der Waals surface area contributed by atoms with Crippen molar-refractivity contribution >= 4 is 39.6 Å². The topological polar surface area (TPSA) is 142 Å². The molecule has 1 aliphatic rings. The molecule has 1 aromatic heterocycles. The van der Waals surface area contributed by atoms with E-state index in [4.69, 9.17) is 16.3 Å². The minimum absolute atomic E-state index is 0.0145. The van der Waals surface area contributed by atoms with Crippen LogP contribution in [0.3, 0.4) is 0 Å². The van der Waals surface area contributed by atoms with Gasteiger partial charge in [-0.1, -0.05) is 66.2 Å². The fourth-order valence-corrected chi connectivity index (χ4v) is 6.29. The van der Waals surface area contributed by atoms with Gasteiger partial charge in [0.25, 0.3) is 15.9 Å². The second-order valence-corrected chi connectivity index (χ2v) is 12.8. The van der Waals surface area contributed by atoms with E-state index in [1.807, 2.05) is 62.4 Å². The summed E-state index contributed by atoms with van der Waals surface area (Å²) >= 11 is 6.24. The van der Waals surface area contributed by atoms with E-state index in [0.29, 0.717) is 5.69 Å². The maximum atomic E-state index is 13.5. The minimum Gasteiger partial charge on any atom is -0.445 e. The fraction of sp³-hybridized carbons (Fsp3) is 0.250. The number of rotatable bonds is 7. The highest BCUT2D eigenvalue weighted by Crippen LogP contribution is 2.28. The molecule has 0 aliphatic carbocycles. The summed E-state index contributed by atoms with van der Waals surface area (Å²) in [7, 11) is -4.23. The maximum Gasteiger partial charge on any atom is 0.410 e. The molecule has 11 nitrogen and oxygen atoms in total. The lowest BCUT2D eigenvalue weighted by Crippen LogP contribution is -2.38. The van der Waals surface area contributed by atoms with Gasteiger partial charge in [0.1, 0.15) is 11.8 Å². The van der Waals surface area contributed by atoms with Crippen LogP contribution >= 0.6 is 11.6 Å². The van der Waals surface area contributed by atoms with Gasteiger partial charge >= 0.3 is 6.09 Å². The highest BCUT2D eigenvalue weighted by atomic mass is 35.5. The molecule has 0 saturated carbocycles. The van der Waals surface area contributed by atoms with Crippen LogP contribution in [0.2, 0.25) is 5.15 Å². The van der Waals surface area contributed by atoms with Crippen LogP contribution in [0.5, 0.6) is 0 Å². The molecule has 4 aromatic rings.